The molecule has 0 unspecified atom stereocenters. The van der Waals surface area contributed by atoms with Crippen LogP contribution in [0.5, 0.6) is 0 Å². The minimum absolute atomic E-state index is 0.0261. The van der Waals surface area contributed by atoms with Crippen molar-refractivity contribution >= 4 is 19.2 Å². The number of carbonyl (C=O) groups excluding carboxylic acids is 1. The summed E-state index contributed by atoms with van der Waals surface area (Å²) in [6.07, 6.45) is 0. The molecule has 0 saturated carbocycles. The Kier molecular flexibility index (Phi) is 2.53. The van der Waals surface area contributed by atoms with Crippen molar-refractivity contribution in [3.05, 3.63) is 29.3 Å². The monoisotopic (exact) mass is 161 g/mol. The maximum Gasteiger partial charge on any atom is 0.251 e. The zero-order chi connectivity index (χ0) is 9.14. The Hall–Kier alpha value is -1.25. The van der Waals surface area contributed by atoms with E-state index in [1.54, 1.807) is 7.05 Å². The Morgan fingerprint density at radius 2 is 2.08 bits per heavy atom. The smallest absolute Gasteiger partial charge is 0.251 e. The fraction of sp³-hybridized carbons (Fsp3) is 0.222. The molecule has 0 spiro atoms. The largest absolute Gasteiger partial charge is 0.355 e. The fourth-order valence-corrected chi connectivity index (χ4v) is 1.25. The molecule has 2 nitrogen and oxygen atoms in total. The van der Waals surface area contributed by atoms with E-state index in [1.807, 2.05) is 33.0 Å². The van der Waals surface area contributed by atoms with Crippen LogP contribution in [0.15, 0.2) is 18.2 Å². The zero-order valence-electron chi connectivity index (χ0n) is 7.64. The Morgan fingerprint density at radius 1 is 1.42 bits per heavy atom. The lowest BCUT2D eigenvalue weighted by atomic mass is 9.92. The second-order valence-electron chi connectivity index (χ2n) is 2.96. The maximum atomic E-state index is 11.2. The molecule has 0 radical (unpaired) electrons. The molecule has 0 bridgehead atoms. The number of rotatable bonds is 1. The molecule has 0 aliphatic heterocycles. The van der Waals surface area contributed by atoms with Crippen LogP contribution in [0, 0.1) is 6.92 Å². The van der Waals surface area contributed by atoms with Crippen molar-refractivity contribution in [2.75, 3.05) is 7.05 Å². The third-order valence-electron chi connectivity index (χ3n) is 1.71. The normalized spacial score (nSPS) is 9.50. The third-order valence-corrected chi connectivity index (χ3v) is 1.71. The molecule has 1 amide bonds. The summed E-state index contributed by atoms with van der Waals surface area (Å²) in [7, 11) is 3.62. The van der Waals surface area contributed by atoms with E-state index in [9.17, 15) is 4.79 Å². The predicted octanol–water partition coefficient (Wildman–Crippen LogP) is -0.387. The van der Waals surface area contributed by atoms with Crippen LogP contribution in [-0.2, 0) is 0 Å². The van der Waals surface area contributed by atoms with Gasteiger partial charge in [-0.2, -0.15) is 0 Å². The van der Waals surface area contributed by atoms with Crippen molar-refractivity contribution in [3.63, 3.8) is 0 Å². The molecule has 0 aromatic heterocycles. The van der Waals surface area contributed by atoms with Gasteiger partial charge in [0.2, 0.25) is 0 Å². The molecule has 12 heavy (non-hydrogen) atoms. The first-order valence-corrected chi connectivity index (χ1v) is 3.94. The quantitative estimate of drug-likeness (QED) is 0.558. The molecule has 1 aromatic rings. The summed E-state index contributed by atoms with van der Waals surface area (Å²) >= 11 is 0. The molecule has 0 fully saturated rings. The van der Waals surface area contributed by atoms with Crippen LogP contribution >= 0.6 is 0 Å². The van der Waals surface area contributed by atoms with Gasteiger partial charge in [-0.15, -0.1) is 0 Å². The Labute approximate surface area is 73.4 Å². The molecule has 0 aliphatic carbocycles. The highest BCUT2D eigenvalue weighted by Crippen LogP contribution is 2.00. The molecule has 0 heterocycles. The van der Waals surface area contributed by atoms with Crippen molar-refractivity contribution in [2.24, 2.45) is 0 Å². The van der Waals surface area contributed by atoms with E-state index in [1.165, 1.54) is 0 Å². The first-order chi connectivity index (χ1) is 5.63. The van der Waals surface area contributed by atoms with E-state index in [4.69, 9.17) is 0 Å². The standard InChI is InChI=1S/C9H12BNO/c1-6-3-7(9(12)11-2)5-8(10)4-6/h3-5H,10H2,1-2H3,(H,11,12). The van der Waals surface area contributed by atoms with Gasteiger partial charge >= 0.3 is 0 Å². The van der Waals surface area contributed by atoms with Crippen LogP contribution < -0.4 is 10.8 Å². The molecule has 1 rings (SSSR count). The van der Waals surface area contributed by atoms with Crippen LogP contribution in [0.3, 0.4) is 0 Å². The van der Waals surface area contributed by atoms with Gasteiger partial charge in [-0.1, -0.05) is 23.2 Å². The topological polar surface area (TPSA) is 29.1 Å². The number of aryl methyl sites for hydroxylation is 1. The first kappa shape index (κ1) is 8.85. The van der Waals surface area contributed by atoms with Gasteiger partial charge in [0.15, 0.2) is 0 Å². The summed E-state index contributed by atoms with van der Waals surface area (Å²) in [5, 5.41) is 2.60. The van der Waals surface area contributed by atoms with Gasteiger partial charge in [-0.05, 0) is 13.0 Å². The van der Waals surface area contributed by atoms with Crippen molar-refractivity contribution in [1.29, 1.82) is 0 Å². The van der Waals surface area contributed by atoms with Crippen LogP contribution in [0.2, 0.25) is 0 Å². The second-order valence-corrected chi connectivity index (χ2v) is 2.96. The van der Waals surface area contributed by atoms with Gasteiger partial charge in [-0.3, -0.25) is 4.79 Å². The summed E-state index contributed by atoms with van der Waals surface area (Å²) < 4.78 is 0. The highest BCUT2D eigenvalue weighted by molar-refractivity contribution is 6.32. The summed E-state index contributed by atoms with van der Waals surface area (Å²) in [6, 6.07) is 5.81. The Morgan fingerprint density at radius 3 is 2.58 bits per heavy atom. The molecular weight excluding hydrogens is 149 g/mol. The van der Waals surface area contributed by atoms with Gasteiger partial charge < -0.3 is 5.32 Å². The molecule has 1 N–H and O–H groups in total. The molecule has 1 aromatic carbocycles. The van der Waals surface area contributed by atoms with Crippen LogP contribution in [0.1, 0.15) is 15.9 Å². The van der Waals surface area contributed by atoms with Crippen LogP contribution in [0.4, 0.5) is 0 Å². The van der Waals surface area contributed by atoms with E-state index >= 15 is 0 Å². The molecule has 0 atom stereocenters. The molecule has 62 valence electrons. The lowest BCUT2D eigenvalue weighted by Gasteiger charge is -2.02. The highest BCUT2D eigenvalue weighted by atomic mass is 16.1. The first-order valence-electron chi connectivity index (χ1n) is 3.94. The van der Waals surface area contributed by atoms with E-state index in [0.717, 1.165) is 16.6 Å². The lowest BCUT2D eigenvalue weighted by Crippen LogP contribution is -2.20. The van der Waals surface area contributed by atoms with Gasteiger partial charge in [-0.25, -0.2) is 0 Å². The number of carbonyl (C=O) groups is 1. The predicted molar refractivity (Wildman–Crippen MR) is 52.7 cm³/mol. The second kappa shape index (κ2) is 3.43. The summed E-state index contributed by atoms with van der Waals surface area (Å²) in [6.45, 7) is 1.99. The fourth-order valence-electron chi connectivity index (χ4n) is 1.25. The van der Waals surface area contributed by atoms with Crippen LogP contribution in [0.25, 0.3) is 0 Å². The van der Waals surface area contributed by atoms with Gasteiger partial charge in [0.05, 0.1) is 0 Å². The number of nitrogens with one attached hydrogen (secondary N) is 1. The van der Waals surface area contributed by atoms with Crippen LogP contribution in [-0.4, -0.2) is 20.8 Å². The van der Waals surface area contributed by atoms with Crippen molar-refractivity contribution in [3.8, 4) is 0 Å². The highest BCUT2D eigenvalue weighted by Gasteiger charge is 2.02. The van der Waals surface area contributed by atoms with E-state index < -0.39 is 0 Å². The summed E-state index contributed by atoms with van der Waals surface area (Å²) in [5.41, 5.74) is 2.97. The number of benzene rings is 1. The number of amides is 1. The molecule has 0 saturated heterocycles. The van der Waals surface area contributed by atoms with Gasteiger partial charge in [0.25, 0.3) is 5.91 Å². The van der Waals surface area contributed by atoms with E-state index in [0.29, 0.717) is 0 Å². The molecule has 0 aliphatic rings. The summed E-state index contributed by atoms with van der Waals surface area (Å²) in [4.78, 5) is 11.2. The Bertz CT molecular complexity index is 289. The SMILES string of the molecule is Bc1cc(C)cc(C(=O)NC)c1. The lowest BCUT2D eigenvalue weighted by molar-refractivity contribution is 0.0963. The minimum Gasteiger partial charge on any atom is -0.355 e. The van der Waals surface area contributed by atoms with Crippen molar-refractivity contribution < 1.29 is 4.79 Å². The minimum atomic E-state index is -0.0261. The van der Waals surface area contributed by atoms with E-state index in [2.05, 4.69) is 5.32 Å². The van der Waals surface area contributed by atoms with Gasteiger partial charge in [0, 0.05) is 12.6 Å². The average Bonchev–Trinajstić information content (AvgIpc) is 2.01. The van der Waals surface area contributed by atoms with Gasteiger partial charge in [0.1, 0.15) is 7.85 Å². The third kappa shape index (κ3) is 1.88. The van der Waals surface area contributed by atoms with Crippen molar-refractivity contribution in [2.45, 2.75) is 6.92 Å². The molecule has 3 heteroatoms. The zero-order valence-corrected chi connectivity index (χ0v) is 7.64. The maximum absolute atomic E-state index is 11.2. The summed E-state index contributed by atoms with van der Waals surface area (Å²) in [5.74, 6) is -0.0261. The molecular formula is C9H12BNO. The van der Waals surface area contributed by atoms with Crippen molar-refractivity contribution in [1.82, 2.24) is 5.32 Å². The number of hydrogen-bond acceptors (Lipinski definition) is 1. The average molecular weight is 161 g/mol. The van der Waals surface area contributed by atoms with E-state index in [-0.39, 0.29) is 5.91 Å². The Balaban J connectivity index is 3.08. The number of hydrogen-bond donors (Lipinski definition) is 1.